The number of nitriles is 1. The van der Waals surface area contributed by atoms with E-state index in [1.54, 1.807) is 0 Å². The molecular weight excluding hydrogens is 210 g/mol. The monoisotopic (exact) mass is 235 g/mol. The quantitative estimate of drug-likeness (QED) is 0.755. The molecule has 96 valence electrons. The molecule has 3 nitrogen and oxygen atoms in total. The van der Waals surface area contributed by atoms with E-state index in [4.69, 9.17) is 0 Å². The molecule has 1 aliphatic carbocycles. The summed E-state index contributed by atoms with van der Waals surface area (Å²) in [6.07, 6.45) is 4.51. The second kappa shape index (κ2) is 5.37. The zero-order valence-electron chi connectivity index (χ0n) is 11.2. The molecule has 17 heavy (non-hydrogen) atoms. The molecule has 3 unspecified atom stereocenters. The highest BCUT2D eigenvalue weighted by Gasteiger charge is 2.42. The van der Waals surface area contributed by atoms with Gasteiger partial charge in [0.2, 0.25) is 0 Å². The minimum Gasteiger partial charge on any atom is -0.315 e. The number of nitrogens with zero attached hydrogens (tertiary/aromatic N) is 2. The lowest BCUT2D eigenvalue weighted by Crippen LogP contribution is -2.52. The third-order valence-electron chi connectivity index (χ3n) is 4.80. The Morgan fingerprint density at radius 3 is 2.76 bits per heavy atom. The van der Waals surface area contributed by atoms with Crippen molar-refractivity contribution in [3.63, 3.8) is 0 Å². The fourth-order valence-corrected chi connectivity index (χ4v) is 3.32. The first kappa shape index (κ1) is 12.9. The maximum absolute atomic E-state index is 9.68. The molecule has 2 fully saturated rings. The Kier molecular flexibility index (Phi) is 4.06. The highest BCUT2D eigenvalue weighted by molar-refractivity contribution is 5.11. The Labute approximate surface area is 105 Å². The number of rotatable bonds is 1. The summed E-state index contributed by atoms with van der Waals surface area (Å²) in [5.41, 5.74) is -0.169. The smallest absolute Gasteiger partial charge is 0.109 e. The predicted octanol–water partition coefficient (Wildman–Crippen LogP) is 2.00. The van der Waals surface area contributed by atoms with E-state index < -0.39 is 0 Å². The summed E-state index contributed by atoms with van der Waals surface area (Å²) < 4.78 is 0. The van der Waals surface area contributed by atoms with Gasteiger partial charge in [0, 0.05) is 19.6 Å². The maximum Gasteiger partial charge on any atom is 0.109 e. The van der Waals surface area contributed by atoms with Gasteiger partial charge in [0.15, 0.2) is 0 Å². The average molecular weight is 235 g/mol. The second-order valence-corrected chi connectivity index (χ2v) is 5.93. The van der Waals surface area contributed by atoms with Gasteiger partial charge in [0.1, 0.15) is 5.54 Å². The first-order valence-electron chi connectivity index (χ1n) is 7.05. The van der Waals surface area contributed by atoms with E-state index in [1.165, 1.54) is 12.8 Å². The molecule has 0 amide bonds. The van der Waals surface area contributed by atoms with Crippen LogP contribution in [-0.4, -0.2) is 36.6 Å². The standard InChI is InChI=1S/C14H25N3/c1-12-4-5-14(11-15,10-13(12)2)17-8-3-6-16-7-9-17/h12-13,16H,3-10H2,1-2H3. The van der Waals surface area contributed by atoms with Crippen LogP contribution in [0.15, 0.2) is 0 Å². The second-order valence-electron chi connectivity index (χ2n) is 5.93. The maximum atomic E-state index is 9.68. The lowest BCUT2D eigenvalue weighted by Gasteiger charge is -2.45. The number of hydrogen-bond acceptors (Lipinski definition) is 3. The summed E-state index contributed by atoms with van der Waals surface area (Å²) in [5, 5.41) is 13.1. The van der Waals surface area contributed by atoms with E-state index in [9.17, 15) is 5.26 Å². The topological polar surface area (TPSA) is 39.1 Å². The molecular formula is C14H25N3. The summed E-state index contributed by atoms with van der Waals surface area (Å²) in [5.74, 6) is 1.46. The van der Waals surface area contributed by atoms with Gasteiger partial charge in [-0.15, -0.1) is 0 Å². The third kappa shape index (κ3) is 2.64. The van der Waals surface area contributed by atoms with Crippen LogP contribution in [-0.2, 0) is 0 Å². The van der Waals surface area contributed by atoms with Crippen molar-refractivity contribution in [2.45, 2.75) is 45.1 Å². The first-order valence-corrected chi connectivity index (χ1v) is 7.05. The molecule has 3 heteroatoms. The SMILES string of the molecule is CC1CCC(C#N)(N2CCCNCC2)CC1C. The molecule has 0 aromatic carbocycles. The minimum atomic E-state index is -0.169. The third-order valence-corrected chi connectivity index (χ3v) is 4.80. The van der Waals surface area contributed by atoms with Crippen molar-refractivity contribution in [2.24, 2.45) is 11.8 Å². The van der Waals surface area contributed by atoms with Crippen molar-refractivity contribution in [3.8, 4) is 6.07 Å². The molecule has 1 aliphatic heterocycles. The van der Waals surface area contributed by atoms with Gasteiger partial charge in [-0.05, 0) is 44.1 Å². The van der Waals surface area contributed by atoms with E-state index in [2.05, 4.69) is 30.1 Å². The van der Waals surface area contributed by atoms with E-state index in [1.807, 2.05) is 0 Å². The first-order chi connectivity index (χ1) is 8.18. The molecule has 1 saturated carbocycles. The van der Waals surface area contributed by atoms with Gasteiger partial charge < -0.3 is 5.32 Å². The van der Waals surface area contributed by atoms with Crippen LogP contribution >= 0.6 is 0 Å². The highest BCUT2D eigenvalue weighted by Crippen LogP contribution is 2.39. The highest BCUT2D eigenvalue weighted by atomic mass is 15.2. The van der Waals surface area contributed by atoms with Gasteiger partial charge in [0.05, 0.1) is 6.07 Å². The van der Waals surface area contributed by atoms with Gasteiger partial charge in [-0.1, -0.05) is 13.8 Å². The summed E-state index contributed by atoms with van der Waals surface area (Å²) in [6, 6.07) is 2.66. The zero-order chi connectivity index (χ0) is 12.3. The van der Waals surface area contributed by atoms with Crippen LogP contribution in [0.25, 0.3) is 0 Å². The van der Waals surface area contributed by atoms with Crippen molar-refractivity contribution in [1.29, 1.82) is 5.26 Å². The summed E-state index contributed by atoms with van der Waals surface area (Å²) in [6.45, 7) is 8.90. The van der Waals surface area contributed by atoms with Gasteiger partial charge in [-0.25, -0.2) is 0 Å². The van der Waals surface area contributed by atoms with Crippen LogP contribution in [0.4, 0.5) is 0 Å². The molecule has 0 radical (unpaired) electrons. The number of nitrogens with one attached hydrogen (secondary N) is 1. The summed E-state index contributed by atoms with van der Waals surface area (Å²) >= 11 is 0. The fraction of sp³-hybridized carbons (Fsp3) is 0.929. The van der Waals surface area contributed by atoms with Crippen LogP contribution in [0.2, 0.25) is 0 Å². The molecule has 0 spiro atoms. The van der Waals surface area contributed by atoms with Crippen LogP contribution in [0, 0.1) is 23.2 Å². The molecule has 1 saturated heterocycles. The lowest BCUT2D eigenvalue weighted by molar-refractivity contribution is 0.0621. The molecule has 0 bridgehead atoms. The Morgan fingerprint density at radius 1 is 1.24 bits per heavy atom. The predicted molar refractivity (Wildman–Crippen MR) is 69.6 cm³/mol. The largest absolute Gasteiger partial charge is 0.315 e. The van der Waals surface area contributed by atoms with Crippen molar-refractivity contribution in [1.82, 2.24) is 10.2 Å². The molecule has 3 atom stereocenters. The van der Waals surface area contributed by atoms with Gasteiger partial charge in [-0.3, -0.25) is 4.90 Å². The molecule has 2 rings (SSSR count). The van der Waals surface area contributed by atoms with Crippen LogP contribution in [0.3, 0.4) is 0 Å². The molecule has 0 aromatic heterocycles. The van der Waals surface area contributed by atoms with E-state index in [0.717, 1.165) is 44.9 Å². The minimum absolute atomic E-state index is 0.169. The molecule has 2 aliphatic rings. The van der Waals surface area contributed by atoms with Crippen LogP contribution < -0.4 is 5.32 Å². The Hall–Kier alpha value is -0.590. The molecule has 0 aromatic rings. The van der Waals surface area contributed by atoms with Gasteiger partial charge >= 0.3 is 0 Å². The molecule has 1 heterocycles. The van der Waals surface area contributed by atoms with Crippen molar-refractivity contribution < 1.29 is 0 Å². The Bertz CT molecular complexity index is 288. The van der Waals surface area contributed by atoms with E-state index >= 15 is 0 Å². The average Bonchev–Trinajstić information content (AvgIpc) is 2.62. The zero-order valence-corrected chi connectivity index (χ0v) is 11.2. The van der Waals surface area contributed by atoms with Crippen molar-refractivity contribution in [2.75, 3.05) is 26.2 Å². The van der Waals surface area contributed by atoms with E-state index in [-0.39, 0.29) is 5.54 Å². The van der Waals surface area contributed by atoms with Gasteiger partial charge in [-0.2, -0.15) is 5.26 Å². The Balaban J connectivity index is 2.10. The normalized spacial score (nSPS) is 40.5. The summed E-state index contributed by atoms with van der Waals surface area (Å²) in [4.78, 5) is 2.45. The Morgan fingerprint density at radius 2 is 2.06 bits per heavy atom. The van der Waals surface area contributed by atoms with Crippen LogP contribution in [0.1, 0.15) is 39.5 Å². The van der Waals surface area contributed by atoms with Crippen molar-refractivity contribution in [3.05, 3.63) is 0 Å². The van der Waals surface area contributed by atoms with Crippen LogP contribution in [0.5, 0.6) is 0 Å². The fourth-order valence-electron chi connectivity index (χ4n) is 3.32. The number of hydrogen-bond donors (Lipinski definition) is 1. The van der Waals surface area contributed by atoms with Gasteiger partial charge in [0.25, 0.3) is 0 Å². The van der Waals surface area contributed by atoms with Crippen molar-refractivity contribution >= 4 is 0 Å². The van der Waals surface area contributed by atoms with E-state index in [0.29, 0.717) is 5.92 Å². The lowest BCUT2D eigenvalue weighted by atomic mass is 9.71. The molecule has 1 N–H and O–H groups in total. The summed E-state index contributed by atoms with van der Waals surface area (Å²) in [7, 11) is 0.